The van der Waals surface area contributed by atoms with E-state index in [1.807, 2.05) is 6.07 Å². The van der Waals surface area contributed by atoms with E-state index in [2.05, 4.69) is 9.97 Å². The van der Waals surface area contributed by atoms with Gasteiger partial charge in [-0.1, -0.05) is 0 Å². The monoisotopic (exact) mass is 412 g/mol. The number of hydrogen-bond donors (Lipinski definition) is 1. The summed E-state index contributed by atoms with van der Waals surface area (Å²) in [5.41, 5.74) is 2.90. The number of benzene rings is 2. The van der Waals surface area contributed by atoms with Crippen LogP contribution in [-0.4, -0.2) is 51.0 Å². The van der Waals surface area contributed by atoms with Crippen molar-refractivity contribution < 1.29 is 28.5 Å². The van der Waals surface area contributed by atoms with Gasteiger partial charge >= 0.3 is 5.97 Å². The van der Waals surface area contributed by atoms with Crippen LogP contribution in [0.4, 0.5) is 0 Å². The SMILES string of the molecule is CCOC(=O)/C=C/c1cc2[nH]c(-c3cc(OC)c(OC)cc3OC)nc2cc1OC. The number of hydrogen-bond acceptors (Lipinski definition) is 7. The Balaban J connectivity index is 2.08. The van der Waals surface area contributed by atoms with Gasteiger partial charge in [-0.15, -0.1) is 0 Å². The van der Waals surface area contributed by atoms with Crippen LogP contribution in [0.15, 0.2) is 30.3 Å². The lowest BCUT2D eigenvalue weighted by molar-refractivity contribution is -0.137. The molecule has 1 N–H and O–H groups in total. The molecule has 0 fully saturated rings. The lowest BCUT2D eigenvalue weighted by Crippen LogP contribution is -1.98. The summed E-state index contributed by atoms with van der Waals surface area (Å²) in [6.07, 6.45) is 3.01. The highest BCUT2D eigenvalue weighted by molar-refractivity contribution is 5.90. The summed E-state index contributed by atoms with van der Waals surface area (Å²) in [6, 6.07) is 7.20. The molecule has 0 aliphatic rings. The van der Waals surface area contributed by atoms with Gasteiger partial charge in [-0.25, -0.2) is 9.78 Å². The van der Waals surface area contributed by atoms with Gasteiger partial charge in [-0.05, 0) is 25.1 Å². The van der Waals surface area contributed by atoms with E-state index in [-0.39, 0.29) is 0 Å². The number of aromatic amines is 1. The van der Waals surface area contributed by atoms with Gasteiger partial charge < -0.3 is 28.7 Å². The molecule has 8 heteroatoms. The first-order valence-electron chi connectivity index (χ1n) is 9.27. The maximum Gasteiger partial charge on any atom is 0.330 e. The van der Waals surface area contributed by atoms with Gasteiger partial charge in [0.1, 0.15) is 17.3 Å². The van der Waals surface area contributed by atoms with Gasteiger partial charge in [-0.3, -0.25) is 0 Å². The lowest BCUT2D eigenvalue weighted by atomic mass is 10.1. The third kappa shape index (κ3) is 4.17. The Labute approximate surface area is 174 Å². The molecule has 0 amide bonds. The van der Waals surface area contributed by atoms with E-state index < -0.39 is 5.97 Å². The number of carbonyl (C=O) groups excluding carboxylic acids is 1. The zero-order chi connectivity index (χ0) is 21.7. The molecule has 30 heavy (non-hydrogen) atoms. The van der Waals surface area contributed by atoms with Gasteiger partial charge in [0.2, 0.25) is 0 Å². The average molecular weight is 412 g/mol. The van der Waals surface area contributed by atoms with Crippen molar-refractivity contribution in [1.29, 1.82) is 0 Å². The molecule has 0 aliphatic carbocycles. The van der Waals surface area contributed by atoms with Crippen molar-refractivity contribution in [2.24, 2.45) is 0 Å². The van der Waals surface area contributed by atoms with Crippen LogP contribution in [0.25, 0.3) is 28.5 Å². The predicted molar refractivity (Wildman–Crippen MR) is 113 cm³/mol. The maximum absolute atomic E-state index is 11.6. The molecule has 0 saturated heterocycles. The number of carbonyl (C=O) groups is 1. The molecule has 0 bridgehead atoms. The Kier molecular flexibility index (Phi) is 6.46. The van der Waals surface area contributed by atoms with Gasteiger partial charge in [0.15, 0.2) is 11.5 Å². The van der Waals surface area contributed by atoms with Crippen molar-refractivity contribution in [3.05, 3.63) is 35.9 Å². The second-order valence-corrected chi connectivity index (χ2v) is 6.19. The molecule has 0 radical (unpaired) electrons. The maximum atomic E-state index is 11.6. The third-order valence-electron chi connectivity index (χ3n) is 4.48. The second kappa shape index (κ2) is 9.21. The summed E-state index contributed by atoms with van der Waals surface area (Å²) >= 11 is 0. The number of esters is 1. The van der Waals surface area contributed by atoms with Crippen molar-refractivity contribution in [3.63, 3.8) is 0 Å². The summed E-state index contributed by atoms with van der Waals surface area (Å²) in [4.78, 5) is 19.6. The number of imidazole rings is 1. The van der Waals surface area contributed by atoms with E-state index in [9.17, 15) is 4.79 Å². The highest BCUT2D eigenvalue weighted by Gasteiger charge is 2.17. The van der Waals surface area contributed by atoms with Gasteiger partial charge in [0.25, 0.3) is 0 Å². The average Bonchev–Trinajstić information content (AvgIpc) is 3.18. The van der Waals surface area contributed by atoms with Crippen LogP contribution < -0.4 is 18.9 Å². The number of nitrogens with zero attached hydrogens (tertiary/aromatic N) is 1. The summed E-state index contributed by atoms with van der Waals surface area (Å²) in [5, 5.41) is 0. The molecule has 2 aromatic carbocycles. The van der Waals surface area contributed by atoms with Crippen molar-refractivity contribution in [2.75, 3.05) is 35.0 Å². The Hall–Kier alpha value is -3.68. The van der Waals surface area contributed by atoms with Gasteiger partial charge in [0, 0.05) is 23.8 Å². The normalized spacial score (nSPS) is 11.0. The fraction of sp³-hybridized carbons (Fsp3) is 0.273. The number of methoxy groups -OCH3 is 4. The first-order chi connectivity index (χ1) is 14.5. The molecule has 8 nitrogen and oxygen atoms in total. The molecular weight excluding hydrogens is 388 g/mol. The molecule has 0 spiro atoms. The Morgan fingerprint density at radius 2 is 1.60 bits per heavy atom. The van der Waals surface area contributed by atoms with Crippen molar-refractivity contribution in [2.45, 2.75) is 6.92 Å². The second-order valence-electron chi connectivity index (χ2n) is 6.19. The molecule has 0 atom stereocenters. The molecule has 1 heterocycles. The van der Waals surface area contributed by atoms with Gasteiger partial charge in [0.05, 0.1) is 51.6 Å². The number of fused-ring (bicyclic) bond motifs is 1. The largest absolute Gasteiger partial charge is 0.496 e. The number of rotatable bonds is 8. The Bertz CT molecular complexity index is 1090. The van der Waals surface area contributed by atoms with Crippen LogP contribution in [0, 0.1) is 0 Å². The number of ether oxygens (including phenoxy) is 5. The topological polar surface area (TPSA) is 91.9 Å². The summed E-state index contributed by atoms with van der Waals surface area (Å²) in [6.45, 7) is 2.07. The van der Waals surface area contributed by atoms with E-state index >= 15 is 0 Å². The molecule has 0 saturated carbocycles. The number of nitrogens with one attached hydrogen (secondary N) is 1. The number of H-pyrrole nitrogens is 1. The highest BCUT2D eigenvalue weighted by Crippen LogP contribution is 2.40. The molecule has 1 aromatic heterocycles. The summed E-state index contributed by atoms with van der Waals surface area (Å²) < 4.78 is 26.6. The van der Waals surface area contributed by atoms with Crippen molar-refractivity contribution in [1.82, 2.24) is 9.97 Å². The minimum absolute atomic E-state index is 0.316. The molecular formula is C22H24N2O6. The van der Waals surface area contributed by atoms with Crippen LogP contribution in [-0.2, 0) is 9.53 Å². The molecule has 0 unspecified atom stereocenters. The Morgan fingerprint density at radius 3 is 2.23 bits per heavy atom. The molecule has 0 aliphatic heterocycles. The van der Waals surface area contributed by atoms with E-state index in [1.54, 1.807) is 59.6 Å². The summed E-state index contributed by atoms with van der Waals surface area (Å²) in [7, 11) is 6.28. The zero-order valence-electron chi connectivity index (χ0n) is 17.6. The van der Waals surface area contributed by atoms with Crippen LogP contribution in [0.3, 0.4) is 0 Å². The van der Waals surface area contributed by atoms with E-state index in [0.717, 1.165) is 5.52 Å². The van der Waals surface area contributed by atoms with Crippen LogP contribution in [0.1, 0.15) is 12.5 Å². The first-order valence-corrected chi connectivity index (χ1v) is 9.27. The van der Waals surface area contributed by atoms with E-state index in [4.69, 9.17) is 23.7 Å². The smallest absolute Gasteiger partial charge is 0.330 e. The molecule has 158 valence electrons. The summed E-state index contributed by atoms with van der Waals surface area (Å²) in [5.74, 6) is 2.46. The van der Waals surface area contributed by atoms with Crippen molar-refractivity contribution in [3.8, 4) is 34.4 Å². The Morgan fingerprint density at radius 1 is 0.933 bits per heavy atom. The quantitative estimate of drug-likeness (QED) is 0.444. The molecule has 3 rings (SSSR count). The fourth-order valence-electron chi connectivity index (χ4n) is 3.05. The standard InChI is InChI=1S/C22H24N2O6/c1-6-30-21(25)8-7-13-9-15-16(11-17(13)26-2)24-22(23-15)14-10-19(28-4)20(29-5)12-18(14)27-3/h7-12H,6H2,1-5H3,(H,23,24)/b8-7+. The number of aromatic nitrogens is 2. The van der Waals surface area contributed by atoms with Crippen LogP contribution >= 0.6 is 0 Å². The predicted octanol–water partition coefficient (Wildman–Crippen LogP) is 3.84. The van der Waals surface area contributed by atoms with Crippen molar-refractivity contribution >= 4 is 23.1 Å². The highest BCUT2D eigenvalue weighted by atomic mass is 16.5. The van der Waals surface area contributed by atoms with Crippen LogP contribution in [0.5, 0.6) is 23.0 Å². The molecule has 3 aromatic rings. The zero-order valence-corrected chi connectivity index (χ0v) is 17.6. The third-order valence-corrected chi connectivity index (χ3v) is 4.48. The lowest BCUT2D eigenvalue weighted by Gasteiger charge is -2.12. The van der Waals surface area contributed by atoms with E-state index in [0.29, 0.717) is 52.1 Å². The van der Waals surface area contributed by atoms with Crippen LogP contribution in [0.2, 0.25) is 0 Å². The van der Waals surface area contributed by atoms with E-state index in [1.165, 1.54) is 6.08 Å². The minimum Gasteiger partial charge on any atom is -0.496 e. The first kappa shape index (κ1) is 21.0. The minimum atomic E-state index is -0.417. The fourth-order valence-corrected chi connectivity index (χ4v) is 3.05. The van der Waals surface area contributed by atoms with Gasteiger partial charge in [-0.2, -0.15) is 0 Å².